The number of aromatic amines is 1. The summed E-state index contributed by atoms with van der Waals surface area (Å²) in [5, 5.41) is 3.13. The van der Waals surface area contributed by atoms with Gasteiger partial charge >= 0.3 is 0 Å². The van der Waals surface area contributed by atoms with Gasteiger partial charge in [-0.05, 0) is 42.0 Å². The number of rotatable bonds is 3. The van der Waals surface area contributed by atoms with Crippen LogP contribution in [0.2, 0.25) is 4.34 Å². The molecule has 30 heavy (non-hydrogen) atoms. The fourth-order valence-corrected chi connectivity index (χ4v) is 4.67. The molecule has 0 saturated heterocycles. The molecule has 0 bridgehead atoms. The van der Waals surface area contributed by atoms with E-state index in [0.29, 0.717) is 33.4 Å². The normalized spacial score (nSPS) is 13.5. The fraction of sp³-hybridized carbons (Fsp3) is 0.190. The number of hydrogen-bond acceptors (Lipinski definition) is 5. The lowest BCUT2D eigenvalue weighted by Crippen LogP contribution is -2.40. The van der Waals surface area contributed by atoms with Crippen LogP contribution >= 0.6 is 22.9 Å². The van der Waals surface area contributed by atoms with Crippen LogP contribution in [0.15, 0.2) is 47.3 Å². The number of nitrogens with one attached hydrogen (secondary N) is 1. The van der Waals surface area contributed by atoms with Crippen molar-refractivity contribution in [1.29, 1.82) is 0 Å². The van der Waals surface area contributed by atoms with Gasteiger partial charge in [-0.15, -0.1) is 11.3 Å². The summed E-state index contributed by atoms with van der Waals surface area (Å²) < 4.78 is 7.20. The fourth-order valence-electron chi connectivity index (χ4n) is 3.66. The zero-order valence-electron chi connectivity index (χ0n) is 16.0. The highest BCUT2D eigenvalue weighted by Gasteiger charge is 2.27. The number of carbonyl (C=O) groups excluding carboxylic acids is 1. The zero-order valence-corrected chi connectivity index (χ0v) is 17.6. The lowest BCUT2D eigenvalue weighted by atomic mass is 10.1. The molecule has 1 aliphatic heterocycles. The molecule has 152 valence electrons. The standard InChI is InChI=1S/C21H17ClN4O3S/c1-29-13-4-2-12(3-5-13)16-10-19-23-15-8-9-25(11-14(15)20(27)26(19)24-16)21(28)17-6-7-18(22)30-17/h2-7,10,24H,8-9,11H2,1H3. The van der Waals surface area contributed by atoms with Gasteiger partial charge in [-0.25, -0.2) is 9.50 Å². The van der Waals surface area contributed by atoms with Crippen LogP contribution in [-0.4, -0.2) is 39.1 Å². The molecular formula is C21H17ClN4O3S. The van der Waals surface area contributed by atoms with Crippen molar-refractivity contribution in [2.24, 2.45) is 0 Å². The van der Waals surface area contributed by atoms with E-state index in [1.54, 1.807) is 24.1 Å². The first-order valence-corrected chi connectivity index (χ1v) is 10.6. The summed E-state index contributed by atoms with van der Waals surface area (Å²) in [6, 6.07) is 12.8. The monoisotopic (exact) mass is 440 g/mol. The molecule has 0 unspecified atom stereocenters. The van der Waals surface area contributed by atoms with Crippen LogP contribution in [0, 0.1) is 0 Å². The highest BCUT2D eigenvalue weighted by atomic mass is 35.5. The molecule has 4 aromatic rings. The molecule has 1 aromatic carbocycles. The van der Waals surface area contributed by atoms with Crippen molar-refractivity contribution in [2.75, 3.05) is 13.7 Å². The van der Waals surface area contributed by atoms with E-state index in [2.05, 4.69) is 10.1 Å². The highest BCUT2D eigenvalue weighted by molar-refractivity contribution is 7.17. The zero-order chi connectivity index (χ0) is 20.8. The van der Waals surface area contributed by atoms with E-state index in [1.807, 2.05) is 30.3 Å². The Morgan fingerprint density at radius 2 is 2.03 bits per heavy atom. The van der Waals surface area contributed by atoms with Crippen LogP contribution in [0.4, 0.5) is 0 Å². The molecule has 9 heteroatoms. The molecule has 0 fully saturated rings. The topological polar surface area (TPSA) is 79.7 Å². The minimum atomic E-state index is -0.184. The maximum atomic E-state index is 13.1. The summed E-state index contributed by atoms with van der Waals surface area (Å²) in [5.74, 6) is 0.643. The maximum Gasteiger partial charge on any atom is 0.277 e. The first kappa shape index (κ1) is 18.9. The van der Waals surface area contributed by atoms with Gasteiger partial charge in [0.1, 0.15) is 5.75 Å². The Labute approximate surface area is 180 Å². The van der Waals surface area contributed by atoms with Crippen LogP contribution in [0.1, 0.15) is 20.9 Å². The van der Waals surface area contributed by atoms with E-state index < -0.39 is 0 Å². The smallest absolute Gasteiger partial charge is 0.277 e. The molecule has 4 heterocycles. The minimum Gasteiger partial charge on any atom is -0.497 e. The van der Waals surface area contributed by atoms with Crippen LogP contribution in [-0.2, 0) is 13.0 Å². The lowest BCUT2D eigenvalue weighted by Gasteiger charge is -2.27. The third-order valence-electron chi connectivity index (χ3n) is 5.23. The molecule has 1 amide bonds. The third kappa shape index (κ3) is 3.18. The molecule has 3 aromatic heterocycles. The van der Waals surface area contributed by atoms with Crippen molar-refractivity contribution in [3.63, 3.8) is 0 Å². The van der Waals surface area contributed by atoms with Gasteiger partial charge in [0.15, 0.2) is 5.65 Å². The maximum absolute atomic E-state index is 13.1. The van der Waals surface area contributed by atoms with E-state index in [0.717, 1.165) is 22.7 Å². The molecular weight excluding hydrogens is 424 g/mol. The second-order valence-electron chi connectivity index (χ2n) is 7.01. The highest BCUT2D eigenvalue weighted by Crippen LogP contribution is 2.26. The van der Waals surface area contributed by atoms with Crippen molar-refractivity contribution >= 4 is 34.5 Å². The van der Waals surface area contributed by atoms with E-state index in [-0.39, 0.29) is 18.0 Å². The van der Waals surface area contributed by atoms with E-state index in [4.69, 9.17) is 16.3 Å². The molecule has 0 saturated carbocycles. The number of ether oxygens (including phenoxy) is 1. The summed E-state index contributed by atoms with van der Waals surface area (Å²) in [4.78, 5) is 32.8. The third-order valence-corrected chi connectivity index (χ3v) is 6.45. The molecule has 0 atom stereocenters. The van der Waals surface area contributed by atoms with E-state index in [9.17, 15) is 9.59 Å². The molecule has 0 aliphatic carbocycles. The Hall–Kier alpha value is -3.10. The SMILES string of the molecule is COc1ccc(-c2cc3nc4c(c(=O)n3[nH]2)CN(C(=O)c2ccc(Cl)s2)CC4)cc1. The van der Waals surface area contributed by atoms with Gasteiger partial charge in [-0.3, -0.25) is 14.7 Å². The van der Waals surface area contributed by atoms with Gasteiger partial charge in [0.05, 0.1) is 39.8 Å². The summed E-state index contributed by atoms with van der Waals surface area (Å²) in [6.07, 6.45) is 0.537. The number of methoxy groups -OCH3 is 1. The van der Waals surface area contributed by atoms with E-state index >= 15 is 0 Å². The van der Waals surface area contributed by atoms with Crippen LogP contribution in [0.3, 0.4) is 0 Å². The number of nitrogens with zero attached hydrogens (tertiary/aromatic N) is 3. The van der Waals surface area contributed by atoms with Gasteiger partial charge in [0.25, 0.3) is 11.5 Å². The Kier molecular flexibility index (Phi) is 4.60. The first-order chi connectivity index (χ1) is 14.5. The second-order valence-corrected chi connectivity index (χ2v) is 8.73. The van der Waals surface area contributed by atoms with Gasteiger partial charge in [-0.2, -0.15) is 0 Å². The molecule has 0 radical (unpaired) electrons. The predicted octanol–water partition coefficient (Wildman–Crippen LogP) is 3.61. The van der Waals surface area contributed by atoms with Gasteiger partial charge in [-0.1, -0.05) is 11.6 Å². The van der Waals surface area contributed by atoms with Gasteiger partial charge < -0.3 is 9.64 Å². The largest absolute Gasteiger partial charge is 0.497 e. The molecule has 5 rings (SSSR count). The quantitative estimate of drug-likeness (QED) is 0.527. The van der Waals surface area contributed by atoms with Crippen molar-refractivity contribution in [1.82, 2.24) is 19.5 Å². The van der Waals surface area contributed by atoms with Crippen LogP contribution < -0.4 is 10.3 Å². The minimum absolute atomic E-state index is 0.118. The number of halogens is 1. The predicted molar refractivity (Wildman–Crippen MR) is 116 cm³/mol. The molecule has 1 N–H and O–H groups in total. The van der Waals surface area contributed by atoms with Crippen molar-refractivity contribution in [3.8, 4) is 17.0 Å². The Balaban J connectivity index is 1.50. The van der Waals surface area contributed by atoms with Gasteiger partial charge in [0, 0.05) is 19.0 Å². The molecule has 7 nitrogen and oxygen atoms in total. The summed E-state index contributed by atoms with van der Waals surface area (Å²) in [6.45, 7) is 0.745. The first-order valence-electron chi connectivity index (χ1n) is 9.36. The number of benzene rings is 1. The number of thiophene rings is 1. The van der Waals surface area contributed by atoms with Crippen LogP contribution in [0.5, 0.6) is 5.75 Å². The average Bonchev–Trinajstić information content (AvgIpc) is 3.40. The van der Waals surface area contributed by atoms with Crippen LogP contribution in [0.25, 0.3) is 16.9 Å². The van der Waals surface area contributed by atoms with Crippen molar-refractivity contribution in [3.05, 3.63) is 73.3 Å². The molecule has 1 aliphatic rings. The Morgan fingerprint density at radius 1 is 1.23 bits per heavy atom. The molecule has 0 spiro atoms. The van der Waals surface area contributed by atoms with Crippen molar-refractivity contribution < 1.29 is 9.53 Å². The summed E-state index contributed by atoms with van der Waals surface area (Å²) in [7, 11) is 1.62. The number of aromatic nitrogens is 3. The Bertz CT molecular complexity index is 1320. The Morgan fingerprint density at radius 3 is 2.73 bits per heavy atom. The second kappa shape index (κ2) is 7.30. The summed E-state index contributed by atoms with van der Waals surface area (Å²) >= 11 is 7.20. The number of hydrogen-bond donors (Lipinski definition) is 1. The summed E-state index contributed by atoms with van der Waals surface area (Å²) in [5.41, 5.74) is 3.37. The number of fused-ring (bicyclic) bond motifs is 2. The average molecular weight is 441 g/mol. The number of amides is 1. The van der Waals surface area contributed by atoms with Gasteiger partial charge in [0.2, 0.25) is 0 Å². The lowest BCUT2D eigenvalue weighted by molar-refractivity contribution is 0.0737. The van der Waals surface area contributed by atoms with E-state index in [1.165, 1.54) is 15.9 Å². The number of H-pyrrole nitrogens is 1. The van der Waals surface area contributed by atoms with Crippen molar-refractivity contribution in [2.45, 2.75) is 13.0 Å². The number of carbonyl (C=O) groups is 1.